The van der Waals surface area contributed by atoms with Gasteiger partial charge in [-0.15, -0.1) is 0 Å². The molecule has 1 fully saturated rings. The average molecular weight is 321 g/mol. The molecule has 124 valence electrons. The van der Waals surface area contributed by atoms with Gasteiger partial charge in [-0.3, -0.25) is 9.69 Å². The van der Waals surface area contributed by atoms with Crippen LogP contribution in [-0.4, -0.2) is 52.4 Å². The van der Waals surface area contributed by atoms with Crippen molar-refractivity contribution in [2.75, 3.05) is 25.5 Å². The molecule has 2 aromatic heterocycles. The van der Waals surface area contributed by atoms with Crippen LogP contribution in [0.15, 0.2) is 15.1 Å². The van der Waals surface area contributed by atoms with Gasteiger partial charge in [0.25, 0.3) is 0 Å². The van der Waals surface area contributed by atoms with Crippen molar-refractivity contribution < 1.29 is 18.6 Å². The van der Waals surface area contributed by atoms with Crippen LogP contribution in [0.25, 0.3) is 0 Å². The van der Waals surface area contributed by atoms with Crippen molar-refractivity contribution in [2.45, 2.75) is 32.4 Å². The van der Waals surface area contributed by atoms with Crippen LogP contribution >= 0.6 is 0 Å². The number of rotatable bonds is 5. The second kappa shape index (κ2) is 6.47. The molecule has 9 heteroatoms. The molecular formula is C14H19N5O4. The van der Waals surface area contributed by atoms with Gasteiger partial charge < -0.3 is 19.1 Å². The summed E-state index contributed by atoms with van der Waals surface area (Å²) in [6.45, 7) is 4.33. The fourth-order valence-corrected chi connectivity index (χ4v) is 2.70. The number of nitrogens with zero attached hydrogens (tertiary/aromatic N) is 4. The lowest BCUT2D eigenvalue weighted by Gasteiger charge is -2.20. The number of aryl methyl sites for hydroxylation is 2. The first-order chi connectivity index (χ1) is 11.0. The van der Waals surface area contributed by atoms with Crippen LogP contribution in [0, 0.1) is 13.8 Å². The van der Waals surface area contributed by atoms with Gasteiger partial charge >= 0.3 is 0 Å². The van der Waals surface area contributed by atoms with Gasteiger partial charge in [0, 0.05) is 19.7 Å². The van der Waals surface area contributed by atoms with E-state index < -0.39 is 0 Å². The molecule has 0 radical (unpaired) electrons. The van der Waals surface area contributed by atoms with Crippen LogP contribution in [0.5, 0.6) is 0 Å². The molecule has 0 spiro atoms. The highest BCUT2D eigenvalue weighted by molar-refractivity contribution is 5.91. The number of nitrogens with one attached hydrogen (secondary N) is 1. The van der Waals surface area contributed by atoms with E-state index in [1.54, 1.807) is 27.0 Å². The SMILES string of the molecule is CO[C@H]1C[C@H](c2nc(C)no2)N(CC(=O)Nc2cc(C)on2)C1. The maximum Gasteiger partial charge on any atom is 0.244 e. The van der Waals surface area contributed by atoms with Crippen molar-refractivity contribution >= 4 is 11.7 Å². The molecule has 1 amide bonds. The molecule has 1 aliphatic rings. The van der Waals surface area contributed by atoms with Gasteiger partial charge in [0.2, 0.25) is 11.8 Å². The van der Waals surface area contributed by atoms with Gasteiger partial charge in [0.1, 0.15) is 5.76 Å². The first-order valence-corrected chi connectivity index (χ1v) is 7.35. The van der Waals surface area contributed by atoms with Gasteiger partial charge in [-0.05, 0) is 20.3 Å². The number of carbonyl (C=O) groups excluding carboxylic acids is 1. The molecule has 0 saturated carbocycles. The summed E-state index contributed by atoms with van der Waals surface area (Å²) in [7, 11) is 1.66. The number of anilines is 1. The molecule has 1 saturated heterocycles. The zero-order valence-corrected chi connectivity index (χ0v) is 13.3. The number of amides is 1. The van der Waals surface area contributed by atoms with Crippen molar-refractivity contribution in [1.82, 2.24) is 20.2 Å². The number of aromatic nitrogens is 3. The summed E-state index contributed by atoms with van der Waals surface area (Å²) < 4.78 is 15.6. The molecule has 0 aromatic carbocycles. The predicted molar refractivity (Wildman–Crippen MR) is 78.6 cm³/mol. The highest BCUT2D eigenvalue weighted by Gasteiger charge is 2.37. The van der Waals surface area contributed by atoms with E-state index in [-0.39, 0.29) is 24.6 Å². The average Bonchev–Trinajstić information content (AvgIpc) is 3.20. The lowest BCUT2D eigenvalue weighted by molar-refractivity contribution is -0.117. The van der Waals surface area contributed by atoms with Gasteiger partial charge in [-0.25, -0.2) is 0 Å². The second-order valence-electron chi connectivity index (χ2n) is 5.59. The Balaban J connectivity index is 1.67. The summed E-state index contributed by atoms with van der Waals surface area (Å²) in [6.07, 6.45) is 0.725. The minimum Gasteiger partial charge on any atom is -0.380 e. The molecule has 23 heavy (non-hydrogen) atoms. The molecule has 0 bridgehead atoms. The highest BCUT2D eigenvalue weighted by Crippen LogP contribution is 2.32. The van der Waals surface area contributed by atoms with Crippen LogP contribution in [-0.2, 0) is 9.53 Å². The van der Waals surface area contributed by atoms with Crippen molar-refractivity contribution in [3.05, 3.63) is 23.5 Å². The van der Waals surface area contributed by atoms with Crippen molar-refractivity contribution in [3.63, 3.8) is 0 Å². The van der Waals surface area contributed by atoms with Crippen LogP contribution in [0.1, 0.15) is 29.9 Å². The Hall–Kier alpha value is -2.26. The molecule has 0 aliphatic carbocycles. The standard InChI is InChI=1S/C14H19N5O4/c1-8-4-12(18-22-8)16-13(20)7-19-6-10(21-3)5-11(19)14-15-9(2)17-23-14/h4,10-11H,5-7H2,1-3H3,(H,16,18,20)/t10-,11+/m0/s1. The van der Waals surface area contributed by atoms with E-state index in [4.69, 9.17) is 13.8 Å². The van der Waals surface area contributed by atoms with Crippen LogP contribution in [0.2, 0.25) is 0 Å². The summed E-state index contributed by atoms with van der Waals surface area (Å²) in [5.74, 6) is 1.94. The first kappa shape index (κ1) is 15.6. The quantitative estimate of drug-likeness (QED) is 0.871. The lowest BCUT2D eigenvalue weighted by atomic mass is 10.2. The molecular weight excluding hydrogens is 302 g/mol. The molecule has 2 aromatic rings. The largest absolute Gasteiger partial charge is 0.380 e. The molecule has 3 heterocycles. The van der Waals surface area contributed by atoms with E-state index >= 15 is 0 Å². The van der Waals surface area contributed by atoms with E-state index in [0.29, 0.717) is 36.3 Å². The molecule has 3 rings (SSSR count). The number of hydrogen-bond donors (Lipinski definition) is 1. The normalized spacial score (nSPS) is 21.7. The number of methoxy groups -OCH3 is 1. The Kier molecular flexibility index (Phi) is 4.39. The monoisotopic (exact) mass is 321 g/mol. The van der Waals surface area contributed by atoms with Crippen LogP contribution < -0.4 is 5.32 Å². The number of ether oxygens (including phenoxy) is 1. The summed E-state index contributed by atoms with van der Waals surface area (Å²) in [5, 5.41) is 10.3. The van der Waals surface area contributed by atoms with E-state index in [0.717, 1.165) is 0 Å². The number of carbonyl (C=O) groups is 1. The molecule has 1 N–H and O–H groups in total. The Bertz CT molecular complexity index is 682. The molecule has 2 atom stereocenters. The molecule has 9 nitrogen and oxygen atoms in total. The third kappa shape index (κ3) is 3.57. The second-order valence-corrected chi connectivity index (χ2v) is 5.59. The third-order valence-corrected chi connectivity index (χ3v) is 3.77. The minimum atomic E-state index is -0.184. The van der Waals surface area contributed by atoms with Crippen molar-refractivity contribution in [1.29, 1.82) is 0 Å². The lowest BCUT2D eigenvalue weighted by Crippen LogP contribution is -2.34. The zero-order valence-electron chi connectivity index (χ0n) is 13.3. The first-order valence-electron chi connectivity index (χ1n) is 7.35. The Morgan fingerprint density at radius 3 is 2.87 bits per heavy atom. The summed E-state index contributed by atoms with van der Waals surface area (Å²) >= 11 is 0. The van der Waals surface area contributed by atoms with E-state index in [2.05, 4.69) is 20.6 Å². The topological polar surface area (TPSA) is 107 Å². The fourth-order valence-electron chi connectivity index (χ4n) is 2.70. The van der Waals surface area contributed by atoms with Crippen LogP contribution in [0.4, 0.5) is 5.82 Å². The van der Waals surface area contributed by atoms with E-state index in [9.17, 15) is 4.79 Å². The minimum absolute atomic E-state index is 0.0225. The van der Waals surface area contributed by atoms with Gasteiger partial charge in [0.05, 0.1) is 18.7 Å². The van der Waals surface area contributed by atoms with Crippen LogP contribution in [0.3, 0.4) is 0 Å². The van der Waals surface area contributed by atoms with E-state index in [1.807, 2.05) is 4.90 Å². The summed E-state index contributed by atoms with van der Waals surface area (Å²) in [5.41, 5.74) is 0. The Labute approximate surface area is 133 Å². The molecule has 1 aliphatic heterocycles. The van der Waals surface area contributed by atoms with Crippen molar-refractivity contribution in [2.24, 2.45) is 0 Å². The zero-order chi connectivity index (χ0) is 16.4. The maximum atomic E-state index is 12.2. The Morgan fingerprint density at radius 2 is 2.26 bits per heavy atom. The Morgan fingerprint density at radius 1 is 1.43 bits per heavy atom. The van der Waals surface area contributed by atoms with Gasteiger partial charge in [-0.1, -0.05) is 10.3 Å². The predicted octanol–water partition coefficient (Wildman–Crippen LogP) is 1.07. The summed E-state index contributed by atoms with van der Waals surface area (Å²) in [4.78, 5) is 18.4. The van der Waals surface area contributed by atoms with Crippen molar-refractivity contribution in [3.8, 4) is 0 Å². The number of hydrogen-bond acceptors (Lipinski definition) is 8. The fraction of sp³-hybridized carbons (Fsp3) is 0.571. The van der Waals surface area contributed by atoms with E-state index in [1.165, 1.54) is 0 Å². The van der Waals surface area contributed by atoms with Gasteiger partial charge in [0.15, 0.2) is 11.6 Å². The third-order valence-electron chi connectivity index (χ3n) is 3.77. The highest BCUT2D eigenvalue weighted by atomic mass is 16.5. The maximum absolute atomic E-state index is 12.2. The van der Waals surface area contributed by atoms with Gasteiger partial charge in [-0.2, -0.15) is 4.98 Å². The number of likely N-dealkylation sites (tertiary alicyclic amines) is 1. The summed E-state index contributed by atoms with van der Waals surface area (Å²) in [6, 6.07) is 1.53. The smallest absolute Gasteiger partial charge is 0.244 e. The molecule has 0 unspecified atom stereocenters.